The van der Waals surface area contributed by atoms with Crippen LogP contribution in [-0.2, 0) is 4.79 Å². The van der Waals surface area contributed by atoms with Gasteiger partial charge in [-0.15, -0.1) is 0 Å². The summed E-state index contributed by atoms with van der Waals surface area (Å²) >= 11 is 0. The number of nitrogens with one attached hydrogen (secondary N) is 1. The van der Waals surface area contributed by atoms with Crippen LogP contribution >= 0.6 is 0 Å². The topological polar surface area (TPSA) is 32.3 Å². The molecule has 1 amide bonds. The Balaban J connectivity index is 3.43. The molecule has 84 valence electrons. The van der Waals surface area contributed by atoms with Gasteiger partial charge in [0.1, 0.15) is 0 Å². The van der Waals surface area contributed by atoms with E-state index in [1.165, 1.54) is 19.3 Å². The van der Waals surface area contributed by atoms with Gasteiger partial charge in [-0.3, -0.25) is 4.79 Å². The third-order valence-corrected chi connectivity index (χ3v) is 2.34. The minimum absolute atomic E-state index is 0.146. The number of nitrogens with zero attached hydrogens (tertiary/aromatic N) is 1. The Hall–Kier alpha value is -0.570. The molecule has 0 spiro atoms. The van der Waals surface area contributed by atoms with E-state index in [0.717, 1.165) is 6.42 Å². The van der Waals surface area contributed by atoms with Crippen molar-refractivity contribution in [1.82, 2.24) is 10.2 Å². The monoisotopic (exact) mass is 200 g/mol. The van der Waals surface area contributed by atoms with Gasteiger partial charge in [-0.25, -0.2) is 0 Å². The van der Waals surface area contributed by atoms with Gasteiger partial charge in [-0.05, 0) is 13.3 Å². The average molecular weight is 200 g/mol. The fourth-order valence-corrected chi connectivity index (χ4v) is 1.22. The van der Waals surface area contributed by atoms with Gasteiger partial charge in [0.25, 0.3) is 0 Å². The normalized spacial score (nSPS) is 12.6. The third-order valence-electron chi connectivity index (χ3n) is 2.34. The van der Waals surface area contributed by atoms with Crippen molar-refractivity contribution in [3.63, 3.8) is 0 Å². The van der Waals surface area contributed by atoms with Crippen molar-refractivity contribution in [1.29, 1.82) is 0 Å². The van der Waals surface area contributed by atoms with Crippen molar-refractivity contribution in [2.45, 2.75) is 45.6 Å². The van der Waals surface area contributed by atoms with Crippen LogP contribution < -0.4 is 5.32 Å². The van der Waals surface area contributed by atoms with Gasteiger partial charge in [-0.1, -0.05) is 26.2 Å². The van der Waals surface area contributed by atoms with Gasteiger partial charge in [0.05, 0.1) is 6.54 Å². The van der Waals surface area contributed by atoms with E-state index in [2.05, 4.69) is 19.2 Å². The highest BCUT2D eigenvalue weighted by Gasteiger charge is 2.06. The SMILES string of the molecule is CCCCC[C@H](C)NCC(=O)N(C)C. The summed E-state index contributed by atoms with van der Waals surface area (Å²) in [7, 11) is 3.57. The smallest absolute Gasteiger partial charge is 0.236 e. The van der Waals surface area contributed by atoms with E-state index in [0.29, 0.717) is 12.6 Å². The van der Waals surface area contributed by atoms with Crippen LogP contribution in [0.4, 0.5) is 0 Å². The summed E-state index contributed by atoms with van der Waals surface area (Å²) in [6.45, 7) is 4.80. The van der Waals surface area contributed by atoms with Crippen LogP contribution in [0.2, 0.25) is 0 Å². The first-order valence-corrected chi connectivity index (χ1v) is 5.51. The second-order valence-electron chi connectivity index (χ2n) is 4.07. The third kappa shape index (κ3) is 6.89. The largest absolute Gasteiger partial charge is 0.348 e. The summed E-state index contributed by atoms with van der Waals surface area (Å²) in [5, 5.41) is 3.23. The molecule has 3 heteroatoms. The van der Waals surface area contributed by atoms with Crippen molar-refractivity contribution in [2.75, 3.05) is 20.6 Å². The standard InChI is InChI=1S/C11H24N2O/c1-5-6-7-8-10(2)12-9-11(14)13(3)4/h10,12H,5-9H2,1-4H3/t10-/m0/s1. The van der Waals surface area contributed by atoms with Crippen molar-refractivity contribution in [3.05, 3.63) is 0 Å². The number of likely N-dealkylation sites (N-methyl/N-ethyl adjacent to an activating group) is 1. The summed E-state index contributed by atoms with van der Waals surface area (Å²) in [4.78, 5) is 12.9. The zero-order chi connectivity index (χ0) is 11.0. The van der Waals surface area contributed by atoms with Crippen molar-refractivity contribution >= 4 is 5.91 Å². The molecule has 0 bridgehead atoms. The second kappa shape index (κ2) is 7.80. The number of rotatable bonds is 7. The number of amides is 1. The number of carbonyl (C=O) groups excluding carboxylic acids is 1. The Morgan fingerprint density at radius 3 is 2.50 bits per heavy atom. The zero-order valence-corrected chi connectivity index (χ0v) is 9.97. The molecule has 0 aromatic heterocycles. The first-order valence-electron chi connectivity index (χ1n) is 5.51. The fourth-order valence-electron chi connectivity index (χ4n) is 1.22. The minimum Gasteiger partial charge on any atom is -0.348 e. The Bertz CT molecular complexity index is 157. The minimum atomic E-state index is 0.146. The van der Waals surface area contributed by atoms with Gasteiger partial charge in [0.15, 0.2) is 0 Å². The van der Waals surface area contributed by atoms with Crippen molar-refractivity contribution in [2.24, 2.45) is 0 Å². The molecule has 0 rings (SSSR count). The van der Waals surface area contributed by atoms with Crippen molar-refractivity contribution in [3.8, 4) is 0 Å². The summed E-state index contributed by atoms with van der Waals surface area (Å²) in [5.74, 6) is 0.146. The molecule has 0 fully saturated rings. The van der Waals surface area contributed by atoms with Gasteiger partial charge >= 0.3 is 0 Å². The molecule has 0 saturated carbocycles. The summed E-state index contributed by atoms with van der Waals surface area (Å²) in [6, 6.07) is 0.449. The Labute approximate surface area is 87.9 Å². The zero-order valence-electron chi connectivity index (χ0n) is 9.97. The van der Waals surface area contributed by atoms with Gasteiger partial charge in [-0.2, -0.15) is 0 Å². The molecule has 0 aliphatic rings. The summed E-state index contributed by atoms with van der Waals surface area (Å²) in [5.41, 5.74) is 0. The molecule has 0 heterocycles. The Kier molecular flexibility index (Phi) is 7.48. The van der Waals surface area contributed by atoms with E-state index in [9.17, 15) is 4.79 Å². The predicted octanol–water partition coefficient (Wildman–Crippen LogP) is 1.63. The first kappa shape index (κ1) is 13.4. The number of unbranched alkanes of at least 4 members (excludes halogenated alkanes) is 2. The molecule has 0 unspecified atom stereocenters. The van der Waals surface area contributed by atoms with E-state index in [-0.39, 0.29) is 5.91 Å². The maximum Gasteiger partial charge on any atom is 0.236 e. The van der Waals surface area contributed by atoms with E-state index in [4.69, 9.17) is 0 Å². The maximum absolute atomic E-state index is 11.2. The molecule has 0 aliphatic carbocycles. The van der Waals surface area contributed by atoms with E-state index in [1.807, 2.05) is 0 Å². The Morgan fingerprint density at radius 1 is 1.36 bits per heavy atom. The molecule has 0 aromatic carbocycles. The highest BCUT2D eigenvalue weighted by Crippen LogP contribution is 2.02. The predicted molar refractivity (Wildman–Crippen MR) is 60.3 cm³/mol. The van der Waals surface area contributed by atoms with Crippen LogP contribution in [0, 0.1) is 0 Å². The van der Waals surface area contributed by atoms with Crippen molar-refractivity contribution < 1.29 is 4.79 Å². The van der Waals surface area contributed by atoms with Gasteiger partial charge in [0.2, 0.25) is 5.91 Å². The van der Waals surface area contributed by atoms with Crippen LogP contribution in [0.25, 0.3) is 0 Å². The molecule has 0 saturated heterocycles. The quantitative estimate of drug-likeness (QED) is 0.634. The lowest BCUT2D eigenvalue weighted by molar-refractivity contribution is -0.127. The van der Waals surface area contributed by atoms with Gasteiger partial charge in [0, 0.05) is 20.1 Å². The second-order valence-corrected chi connectivity index (χ2v) is 4.07. The van der Waals surface area contributed by atoms with Gasteiger partial charge < -0.3 is 10.2 Å². The fraction of sp³-hybridized carbons (Fsp3) is 0.909. The summed E-state index contributed by atoms with van der Waals surface area (Å²) in [6.07, 6.45) is 4.95. The first-order chi connectivity index (χ1) is 6.57. The molecule has 1 atom stereocenters. The lowest BCUT2D eigenvalue weighted by atomic mass is 10.1. The lowest BCUT2D eigenvalue weighted by Gasteiger charge is -2.15. The van der Waals surface area contributed by atoms with Crippen LogP contribution in [0.1, 0.15) is 39.5 Å². The number of hydrogen-bond acceptors (Lipinski definition) is 2. The van der Waals surface area contributed by atoms with Crippen LogP contribution in [-0.4, -0.2) is 37.5 Å². The number of hydrogen-bond donors (Lipinski definition) is 1. The molecule has 14 heavy (non-hydrogen) atoms. The molecular weight excluding hydrogens is 176 g/mol. The Morgan fingerprint density at radius 2 is 2.00 bits per heavy atom. The molecule has 0 radical (unpaired) electrons. The maximum atomic E-state index is 11.2. The molecule has 0 aromatic rings. The molecule has 1 N–H and O–H groups in total. The van der Waals surface area contributed by atoms with Crippen LogP contribution in [0.3, 0.4) is 0 Å². The highest BCUT2D eigenvalue weighted by molar-refractivity contribution is 5.77. The molecule has 3 nitrogen and oxygen atoms in total. The van der Waals surface area contributed by atoms with Crippen LogP contribution in [0.5, 0.6) is 0 Å². The summed E-state index contributed by atoms with van der Waals surface area (Å²) < 4.78 is 0. The molecule has 0 aliphatic heterocycles. The number of carbonyl (C=O) groups is 1. The highest BCUT2D eigenvalue weighted by atomic mass is 16.2. The van der Waals surface area contributed by atoms with E-state index < -0.39 is 0 Å². The lowest BCUT2D eigenvalue weighted by Crippen LogP contribution is -2.37. The van der Waals surface area contributed by atoms with Crippen LogP contribution in [0.15, 0.2) is 0 Å². The van der Waals surface area contributed by atoms with E-state index >= 15 is 0 Å². The van der Waals surface area contributed by atoms with E-state index in [1.54, 1.807) is 19.0 Å². The average Bonchev–Trinajstić information content (AvgIpc) is 2.14. The molecular formula is C11H24N2O.